The SMILES string of the molecule is NCC[C@@H](O)CCCCCCCc1ccccc1. The molecule has 1 aromatic carbocycles. The van der Waals surface area contributed by atoms with Gasteiger partial charge in [0.1, 0.15) is 0 Å². The summed E-state index contributed by atoms with van der Waals surface area (Å²) in [5.74, 6) is 0. The Kier molecular flexibility index (Phi) is 8.53. The van der Waals surface area contributed by atoms with E-state index in [2.05, 4.69) is 30.3 Å². The van der Waals surface area contributed by atoms with Crippen molar-refractivity contribution in [2.75, 3.05) is 6.54 Å². The Morgan fingerprint density at radius 3 is 2.28 bits per heavy atom. The minimum atomic E-state index is -0.181. The Morgan fingerprint density at radius 1 is 0.889 bits per heavy atom. The van der Waals surface area contributed by atoms with Gasteiger partial charge >= 0.3 is 0 Å². The van der Waals surface area contributed by atoms with Crippen LogP contribution in [-0.2, 0) is 6.42 Å². The third-order valence-corrected chi connectivity index (χ3v) is 3.35. The maximum Gasteiger partial charge on any atom is 0.0552 e. The number of aliphatic hydroxyl groups is 1. The summed E-state index contributed by atoms with van der Waals surface area (Å²) in [7, 11) is 0. The van der Waals surface area contributed by atoms with E-state index in [1.54, 1.807) is 0 Å². The zero-order chi connectivity index (χ0) is 13.1. The van der Waals surface area contributed by atoms with Gasteiger partial charge in [-0.25, -0.2) is 0 Å². The summed E-state index contributed by atoms with van der Waals surface area (Å²) in [6, 6.07) is 10.7. The minimum absolute atomic E-state index is 0.181. The van der Waals surface area contributed by atoms with Gasteiger partial charge in [-0.15, -0.1) is 0 Å². The molecule has 0 saturated carbocycles. The smallest absolute Gasteiger partial charge is 0.0552 e. The highest BCUT2D eigenvalue weighted by Gasteiger charge is 2.01. The fourth-order valence-electron chi connectivity index (χ4n) is 2.22. The molecule has 3 N–H and O–H groups in total. The maximum absolute atomic E-state index is 9.52. The Labute approximate surface area is 111 Å². The lowest BCUT2D eigenvalue weighted by Gasteiger charge is -2.08. The molecule has 2 nitrogen and oxygen atoms in total. The first-order chi connectivity index (χ1) is 8.83. The van der Waals surface area contributed by atoms with Crippen molar-refractivity contribution >= 4 is 0 Å². The van der Waals surface area contributed by atoms with E-state index in [4.69, 9.17) is 5.73 Å². The van der Waals surface area contributed by atoms with E-state index in [1.807, 2.05) is 0 Å². The van der Waals surface area contributed by atoms with E-state index in [1.165, 1.54) is 37.7 Å². The topological polar surface area (TPSA) is 46.2 Å². The highest BCUT2D eigenvalue weighted by atomic mass is 16.3. The Morgan fingerprint density at radius 2 is 1.56 bits per heavy atom. The van der Waals surface area contributed by atoms with E-state index in [0.717, 1.165) is 19.3 Å². The first kappa shape index (κ1) is 15.2. The number of aliphatic hydroxyl groups excluding tert-OH is 1. The van der Waals surface area contributed by atoms with E-state index in [-0.39, 0.29) is 6.10 Å². The fraction of sp³-hybridized carbons (Fsp3) is 0.625. The average molecular weight is 249 g/mol. The van der Waals surface area contributed by atoms with Crippen LogP contribution in [0.3, 0.4) is 0 Å². The molecule has 0 unspecified atom stereocenters. The van der Waals surface area contributed by atoms with Gasteiger partial charge in [-0.1, -0.05) is 56.0 Å². The van der Waals surface area contributed by atoms with E-state index in [9.17, 15) is 5.11 Å². The Balaban J connectivity index is 1.90. The Hall–Kier alpha value is -0.860. The van der Waals surface area contributed by atoms with Crippen LogP contribution in [0, 0.1) is 0 Å². The van der Waals surface area contributed by atoms with E-state index >= 15 is 0 Å². The van der Waals surface area contributed by atoms with Crippen LogP contribution in [0.15, 0.2) is 30.3 Å². The van der Waals surface area contributed by atoms with Crippen LogP contribution < -0.4 is 5.73 Å². The lowest BCUT2D eigenvalue weighted by atomic mass is 10.0. The van der Waals surface area contributed by atoms with Crippen LogP contribution in [0.2, 0.25) is 0 Å². The molecule has 0 aliphatic heterocycles. The molecule has 2 heteroatoms. The molecule has 0 aromatic heterocycles. The minimum Gasteiger partial charge on any atom is -0.393 e. The molecule has 0 saturated heterocycles. The van der Waals surface area contributed by atoms with Gasteiger partial charge in [0.15, 0.2) is 0 Å². The monoisotopic (exact) mass is 249 g/mol. The molecule has 1 atom stereocenters. The van der Waals surface area contributed by atoms with Crippen molar-refractivity contribution in [2.45, 2.75) is 57.5 Å². The summed E-state index contributed by atoms with van der Waals surface area (Å²) in [6.45, 7) is 0.595. The van der Waals surface area contributed by atoms with Crippen LogP contribution in [0.4, 0.5) is 0 Å². The number of aryl methyl sites for hydroxylation is 1. The first-order valence-corrected chi connectivity index (χ1v) is 7.25. The van der Waals surface area contributed by atoms with Gasteiger partial charge in [0.25, 0.3) is 0 Å². The summed E-state index contributed by atoms with van der Waals surface area (Å²) in [5.41, 5.74) is 6.84. The molecule has 0 aliphatic carbocycles. The molecule has 1 rings (SSSR count). The zero-order valence-corrected chi connectivity index (χ0v) is 11.4. The van der Waals surface area contributed by atoms with Crippen molar-refractivity contribution < 1.29 is 5.11 Å². The van der Waals surface area contributed by atoms with E-state index in [0.29, 0.717) is 6.54 Å². The average Bonchev–Trinajstić information content (AvgIpc) is 2.39. The molecule has 0 spiro atoms. The summed E-state index contributed by atoms with van der Waals surface area (Å²) >= 11 is 0. The van der Waals surface area contributed by atoms with Crippen LogP contribution in [-0.4, -0.2) is 17.8 Å². The third-order valence-electron chi connectivity index (χ3n) is 3.35. The second-order valence-corrected chi connectivity index (χ2v) is 5.02. The van der Waals surface area contributed by atoms with Crippen molar-refractivity contribution in [2.24, 2.45) is 5.73 Å². The first-order valence-electron chi connectivity index (χ1n) is 7.25. The standard InChI is InChI=1S/C16H27NO/c17-14-13-16(18)12-8-3-1-2-5-9-15-10-6-4-7-11-15/h4,6-7,10-11,16,18H,1-3,5,8-9,12-14,17H2/t16-/m0/s1. The second-order valence-electron chi connectivity index (χ2n) is 5.02. The molecular weight excluding hydrogens is 222 g/mol. The highest BCUT2D eigenvalue weighted by Crippen LogP contribution is 2.11. The maximum atomic E-state index is 9.52. The molecule has 0 heterocycles. The van der Waals surface area contributed by atoms with Crippen molar-refractivity contribution in [3.63, 3.8) is 0 Å². The lowest BCUT2D eigenvalue weighted by Crippen LogP contribution is -2.12. The largest absolute Gasteiger partial charge is 0.393 e. The molecule has 0 aliphatic rings. The summed E-state index contributed by atoms with van der Waals surface area (Å²) in [6.07, 6.45) is 8.88. The lowest BCUT2D eigenvalue weighted by molar-refractivity contribution is 0.153. The van der Waals surface area contributed by atoms with Gasteiger partial charge in [-0.2, -0.15) is 0 Å². The van der Waals surface area contributed by atoms with E-state index < -0.39 is 0 Å². The quantitative estimate of drug-likeness (QED) is 0.625. The summed E-state index contributed by atoms with van der Waals surface area (Å²) in [5, 5.41) is 9.52. The summed E-state index contributed by atoms with van der Waals surface area (Å²) in [4.78, 5) is 0. The normalized spacial score (nSPS) is 12.6. The van der Waals surface area contributed by atoms with Crippen molar-refractivity contribution in [3.8, 4) is 0 Å². The molecule has 0 amide bonds. The van der Waals surface area contributed by atoms with Crippen molar-refractivity contribution in [1.29, 1.82) is 0 Å². The van der Waals surface area contributed by atoms with Gasteiger partial charge < -0.3 is 10.8 Å². The number of benzene rings is 1. The van der Waals surface area contributed by atoms with Gasteiger partial charge in [-0.3, -0.25) is 0 Å². The van der Waals surface area contributed by atoms with Crippen molar-refractivity contribution in [1.82, 2.24) is 0 Å². The fourth-order valence-corrected chi connectivity index (χ4v) is 2.22. The van der Waals surface area contributed by atoms with Gasteiger partial charge in [0.05, 0.1) is 6.10 Å². The molecule has 1 aromatic rings. The van der Waals surface area contributed by atoms with Gasteiger partial charge in [0, 0.05) is 0 Å². The zero-order valence-electron chi connectivity index (χ0n) is 11.4. The predicted molar refractivity (Wildman–Crippen MR) is 77.5 cm³/mol. The number of hydrogen-bond donors (Lipinski definition) is 2. The molecule has 0 bridgehead atoms. The van der Waals surface area contributed by atoms with Crippen LogP contribution in [0.25, 0.3) is 0 Å². The number of nitrogens with two attached hydrogens (primary N) is 1. The number of rotatable bonds is 10. The Bertz CT molecular complexity index is 286. The molecule has 0 fully saturated rings. The number of hydrogen-bond acceptors (Lipinski definition) is 2. The van der Waals surface area contributed by atoms with Gasteiger partial charge in [-0.05, 0) is 37.8 Å². The predicted octanol–water partition coefficient (Wildman–Crippen LogP) is 3.28. The molecule has 102 valence electrons. The van der Waals surface area contributed by atoms with Crippen LogP contribution >= 0.6 is 0 Å². The third kappa shape index (κ3) is 7.46. The van der Waals surface area contributed by atoms with Crippen molar-refractivity contribution in [3.05, 3.63) is 35.9 Å². The van der Waals surface area contributed by atoms with Crippen LogP contribution in [0.1, 0.15) is 50.5 Å². The summed E-state index contributed by atoms with van der Waals surface area (Å²) < 4.78 is 0. The number of unbranched alkanes of at least 4 members (excludes halogenated alkanes) is 4. The second kappa shape index (κ2) is 10.1. The van der Waals surface area contributed by atoms with Crippen LogP contribution in [0.5, 0.6) is 0 Å². The molecule has 18 heavy (non-hydrogen) atoms. The van der Waals surface area contributed by atoms with Gasteiger partial charge in [0.2, 0.25) is 0 Å². The molecule has 0 radical (unpaired) electrons. The molecular formula is C16H27NO. The highest BCUT2D eigenvalue weighted by molar-refractivity contribution is 5.14.